The largest absolute Gasteiger partial charge is 0.491 e. The minimum atomic E-state index is -0.702. The third kappa shape index (κ3) is 5.69. The number of esters is 1. The van der Waals surface area contributed by atoms with Crippen molar-refractivity contribution >= 4 is 5.97 Å². The summed E-state index contributed by atoms with van der Waals surface area (Å²) in [5.74, 6) is 0.0940. The molecule has 3 rings (SSSR count). The van der Waals surface area contributed by atoms with Crippen LogP contribution in [0.1, 0.15) is 27.5 Å². The van der Waals surface area contributed by atoms with Gasteiger partial charge in [0.05, 0.1) is 18.7 Å². The van der Waals surface area contributed by atoms with Crippen LogP contribution in [0.2, 0.25) is 0 Å². The predicted molar refractivity (Wildman–Crippen MR) is 117 cm³/mol. The fourth-order valence-electron chi connectivity index (χ4n) is 3.49. The zero-order valence-corrected chi connectivity index (χ0v) is 17.3. The van der Waals surface area contributed by atoms with Crippen molar-refractivity contribution in [2.24, 2.45) is 0 Å². The maximum absolute atomic E-state index is 11.7. The molecule has 0 aliphatic rings. The Bertz CT molecular complexity index is 891. The van der Waals surface area contributed by atoms with Crippen LogP contribution in [0.25, 0.3) is 0 Å². The van der Waals surface area contributed by atoms with E-state index in [1.54, 1.807) is 24.3 Å². The van der Waals surface area contributed by atoms with Crippen molar-refractivity contribution in [2.75, 3.05) is 27.3 Å². The average Bonchev–Trinajstić information content (AvgIpc) is 2.79. The number of hydrogen-bond donors (Lipinski definition) is 1. The highest BCUT2D eigenvalue weighted by Gasteiger charge is 2.21. The van der Waals surface area contributed by atoms with Gasteiger partial charge in [0.2, 0.25) is 0 Å². The molecule has 3 aromatic rings. The lowest BCUT2D eigenvalue weighted by molar-refractivity contribution is 0.0598. The molecule has 5 heteroatoms. The van der Waals surface area contributed by atoms with Gasteiger partial charge in [0.15, 0.2) is 0 Å². The molecule has 0 unspecified atom stereocenters. The molecule has 0 aliphatic heterocycles. The summed E-state index contributed by atoms with van der Waals surface area (Å²) in [6, 6.07) is 27.2. The van der Waals surface area contributed by atoms with Gasteiger partial charge in [-0.05, 0) is 36.4 Å². The number of aliphatic hydroxyl groups is 1. The Labute approximate surface area is 177 Å². The number of carbonyl (C=O) groups is 1. The van der Waals surface area contributed by atoms with Crippen LogP contribution in [-0.4, -0.2) is 49.4 Å². The maximum Gasteiger partial charge on any atom is 0.337 e. The predicted octanol–water partition coefficient (Wildman–Crippen LogP) is 3.93. The van der Waals surface area contributed by atoms with Gasteiger partial charge in [0, 0.05) is 6.54 Å². The van der Waals surface area contributed by atoms with E-state index in [2.05, 4.69) is 29.2 Å². The van der Waals surface area contributed by atoms with E-state index in [9.17, 15) is 9.90 Å². The van der Waals surface area contributed by atoms with Gasteiger partial charge in [-0.15, -0.1) is 0 Å². The third-order valence-corrected chi connectivity index (χ3v) is 4.87. The van der Waals surface area contributed by atoms with Crippen molar-refractivity contribution in [3.63, 3.8) is 0 Å². The van der Waals surface area contributed by atoms with Gasteiger partial charge in [-0.25, -0.2) is 4.79 Å². The Morgan fingerprint density at radius 3 is 2.10 bits per heavy atom. The molecule has 30 heavy (non-hydrogen) atoms. The number of methoxy groups -OCH3 is 1. The van der Waals surface area contributed by atoms with Gasteiger partial charge >= 0.3 is 5.97 Å². The van der Waals surface area contributed by atoms with Gasteiger partial charge < -0.3 is 14.6 Å². The minimum Gasteiger partial charge on any atom is -0.491 e. The number of nitrogens with zero attached hydrogens (tertiary/aromatic N) is 1. The quantitative estimate of drug-likeness (QED) is 0.547. The van der Waals surface area contributed by atoms with Gasteiger partial charge in [-0.3, -0.25) is 4.90 Å². The second-order valence-corrected chi connectivity index (χ2v) is 7.15. The second kappa shape index (κ2) is 10.6. The lowest BCUT2D eigenvalue weighted by Gasteiger charge is -2.30. The van der Waals surface area contributed by atoms with Crippen molar-refractivity contribution in [3.05, 3.63) is 102 Å². The van der Waals surface area contributed by atoms with E-state index < -0.39 is 12.1 Å². The molecule has 0 fully saturated rings. The highest BCUT2D eigenvalue weighted by Crippen LogP contribution is 2.27. The van der Waals surface area contributed by atoms with Crippen molar-refractivity contribution < 1.29 is 19.4 Å². The molecule has 0 saturated carbocycles. The summed E-state index contributed by atoms with van der Waals surface area (Å²) in [6.45, 7) is 0.538. The third-order valence-electron chi connectivity index (χ3n) is 4.87. The van der Waals surface area contributed by atoms with Crippen LogP contribution in [0, 0.1) is 0 Å². The molecule has 156 valence electrons. The molecule has 0 radical (unpaired) electrons. The van der Waals surface area contributed by atoms with Crippen LogP contribution in [0.3, 0.4) is 0 Å². The van der Waals surface area contributed by atoms with Crippen molar-refractivity contribution in [3.8, 4) is 5.75 Å². The van der Waals surface area contributed by atoms with Gasteiger partial charge in [0.1, 0.15) is 18.5 Å². The molecule has 0 aromatic heterocycles. The first-order valence-corrected chi connectivity index (χ1v) is 9.88. The molecule has 0 aliphatic carbocycles. The van der Waals surface area contributed by atoms with Crippen LogP contribution in [-0.2, 0) is 4.74 Å². The Hall–Kier alpha value is -3.15. The number of ether oxygens (including phenoxy) is 2. The molecule has 1 N–H and O–H groups in total. The highest BCUT2D eigenvalue weighted by atomic mass is 16.5. The summed E-state index contributed by atoms with van der Waals surface area (Å²) in [4.78, 5) is 13.8. The summed E-state index contributed by atoms with van der Waals surface area (Å²) in [5, 5.41) is 10.6. The summed E-state index contributed by atoms with van der Waals surface area (Å²) < 4.78 is 10.4. The lowest BCUT2D eigenvalue weighted by atomic mass is 9.97. The Morgan fingerprint density at radius 2 is 1.53 bits per heavy atom. The average molecular weight is 405 g/mol. The molecule has 0 bridgehead atoms. The molecule has 5 nitrogen and oxygen atoms in total. The first-order chi connectivity index (χ1) is 14.6. The Kier molecular flexibility index (Phi) is 7.60. The number of carbonyl (C=O) groups excluding carboxylic acids is 1. The first-order valence-electron chi connectivity index (χ1n) is 9.88. The molecule has 0 heterocycles. The normalized spacial score (nSPS) is 12.0. The summed E-state index contributed by atoms with van der Waals surface area (Å²) in [7, 11) is 3.33. The van der Waals surface area contributed by atoms with E-state index in [-0.39, 0.29) is 12.6 Å². The topological polar surface area (TPSA) is 59.0 Å². The van der Waals surface area contributed by atoms with E-state index in [1.165, 1.54) is 7.11 Å². The fourth-order valence-corrected chi connectivity index (χ4v) is 3.49. The summed E-state index contributed by atoms with van der Waals surface area (Å²) in [6.07, 6.45) is -0.702. The van der Waals surface area contributed by atoms with E-state index in [0.29, 0.717) is 17.9 Å². The number of likely N-dealkylation sites (N-methyl/N-ethyl adjacent to an activating group) is 1. The molecule has 3 aromatic carbocycles. The lowest BCUT2D eigenvalue weighted by Crippen LogP contribution is -2.36. The molecule has 0 saturated heterocycles. The maximum atomic E-state index is 11.7. The first kappa shape index (κ1) is 21.6. The number of aliphatic hydroxyl groups excluding tert-OH is 1. The van der Waals surface area contributed by atoms with E-state index in [0.717, 1.165) is 11.1 Å². The smallest absolute Gasteiger partial charge is 0.337 e. The summed E-state index contributed by atoms with van der Waals surface area (Å²) in [5.41, 5.74) is 2.73. The van der Waals surface area contributed by atoms with E-state index in [4.69, 9.17) is 9.47 Å². The minimum absolute atomic E-state index is 0.0182. The number of rotatable bonds is 9. The number of hydrogen-bond acceptors (Lipinski definition) is 5. The van der Waals surface area contributed by atoms with E-state index in [1.807, 2.05) is 43.4 Å². The SMILES string of the molecule is COC(=O)c1cccc(OC[C@H](O)CN(C)C(c2ccccc2)c2ccccc2)c1. The summed E-state index contributed by atoms with van der Waals surface area (Å²) >= 11 is 0. The van der Waals surface area contributed by atoms with Crippen LogP contribution in [0.15, 0.2) is 84.9 Å². The van der Waals surface area contributed by atoms with Crippen LogP contribution >= 0.6 is 0 Å². The number of benzene rings is 3. The van der Waals surface area contributed by atoms with Crippen LogP contribution < -0.4 is 4.74 Å². The molecule has 0 amide bonds. The zero-order valence-electron chi connectivity index (χ0n) is 17.3. The van der Waals surface area contributed by atoms with E-state index >= 15 is 0 Å². The van der Waals surface area contributed by atoms with Crippen molar-refractivity contribution in [2.45, 2.75) is 12.1 Å². The molecular weight excluding hydrogens is 378 g/mol. The van der Waals surface area contributed by atoms with Crippen LogP contribution in [0.5, 0.6) is 5.75 Å². The second-order valence-electron chi connectivity index (χ2n) is 7.15. The molecule has 1 atom stereocenters. The Morgan fingerprint density at radius 1 is 0.933 bits per heavy atom. The highest BCUT2D eigenvalue weighted by molar-refractivity contribution is 5.89. The van der Waals surface area contributed by atoms with Crippen LogP contribution in [0.4, 0.5) is 0 Å². The van der Waals surface area contributed by atoms with Crippen molar-refractivity contribution in [1.82, 2.24) is 4.90 Å². The molecule has 0 spiro atoms. The van der Waals surface area contributed by atoms with Gasteiger partial charge in [-0.1, -0.05) is 66.7 Å². The molecular formula is C25H27NO4. The standard InChI is InChI=1S/C25H27NO4/c1-26(24(19-10-5-3-6-11-19)20-12-7-4-8-13-20)17-22(27)18-30-23-15-9-14-21(16-23)25(28)29-2/h3-16,22,24,27H,17-18H2,1-2H3/t22-/m1/s1. The van der Waals surface area contributed by atoms with Gasteiger partial charge in [0.25, 0.3) is 0 Å². The zero-order chi connectivity index (χ0) is 21.3. The fraction of sp³-hybridized carbons (Fsp3) is 0.240. The van der Waals surface area contributed by atoms with Gasteiger partial charge in [-0.2, -0.15) is 0 Å². The monoisotopic (exact) mass is 405 g/mol. The Balaban J connectivity index is 1.66. The van der Waals surface area contributed by atoms with Crippen molar-refractivity contribution in [1.29, 1.82) is 0 Å².